The number of carbonyl (C=O) groups excluding carboxylic acids is 2. The van der Waals surface area contributed by atoms with Crippen LogP contribution in [-0.2, 0) is 19.1 Å². The van der Waals surface area contributed by atoms with Crippen LogP contribution in [0.5, 0.6) is 0 Å². The van der Waals surface area contributed by atoms with Gasteiger partial charge in [0.05, 0.1) is 19.6 Å². The Balaban J connectivity index is 1.15. The minimum absolute atomic E-state index is 0.00299. The predicted molar refractivity (Wildman–Crippen MR) is 129 cm³/mol. The van der Waals surface area contributed by atoms with E-state index in [2.05, 4.69) is 29.6 Å². The first kappa shape index (κ1) is 24.1. The largest absolute Gasteiger partial charge is 0.480 e. The first-order valence-corrected chi connectivity index (χ1v) is 12.5. The third kappa shape index (κ3) is 5.53. The molecule has 4 rings (SSSR count). The van der Waals surface area contributed by atoms with Crippen molar-refractivity contribution in [1.82, 2.24) is 10.2 Å². The average molecular weight is 485 g/mol. The summed E-state index contributed by atoms with van der Waals surface area (Å²) in [5, 5.41) is 11.9. The van der Waals surface area contributed by atoms with E-state index in [0.29, 0.717) is 12.3 Å². The van der Waals surface area contributed by atoms with Crippen LogP contribution in [0.3, 0.4) is 0 Å². The lowest BCUT2D eigenvalue weighted by Gasteiger charge is -2.32. The van der Waals surface area contributed by atoms with Gasteiger partial charge in [0.2, 0.25) is 5.91 Å². The van der Waals surface area contributed by atoms with E-state index in [-0.39, 0.29) is 44.6 Å². The zero-order valence-electron chi connectivity index (χ0n) is 18.8. The van der Waals surface area contributed by atoms with Gasteiger partial charge in [-0.1, -0.05) is 48.5 Å². The minimum atomic E-state index is -0.978. The van der Waals surface area contributed by atoms with Gasteiger partial charge in [-0.15, -0.1) is 0 Å². The summed E-state index contributed by atoms with van der Waals surface area (Å²) < 4.78 is 10.9. The summed E-state index contributed by atoms with van der Waals surface area (Å²) >= 11 is 1.54. The maximum absolute atomic E-state index is 12.3. The number of nitrogens with one attached hydrogen (secondary N) is 1. The monoisotopic (exact) mass is 484 g/mol. The molecule has 1 unspecified atom stereocenters. The molecule has 2 aromatic carbocycles. The molecule has 0 saturated carbocycles. The lowest BCUT2D eigenvalue weighted by atomic mass is 9.98. The van der Waals surface area contributed by atoms with E-state index >= 15 is 0 Å². The van der Waals surface area contributed by atoms with E-state index in [0.717, 1.165) is 16.9 Å². The highest BCUT2D eigenvalue weighted by Crippen LogP contribution is 2.44. The second kappa shape index (κ2) is 11.4. The Hall–Kier alpha value is -3.04. The number of alkyl carbamates (subject to hydrolysis) is 1. The fourth-order valence-electron chi connectivity index (χ4n) is 4.39. The summed E-state index contributed by atoms with van der Waals surface area (Å²) in [6.45, 7) is 1.33. The molecule has 34 heavy (non-hydrogen) atoms. The first-order valence-electron chi connectivity index (χ1n) is 11.3. The number of nitrogens with zero attached hydrogens (tertiary/aromatic N) is 1. The number of amides is 2. The topological polar surface area (TPSA) is 105 Å². The van der Waals surface area contributed by atoms with Crippen molar-refractivity contribution < 1.29 is 29.0 Å². The number of hydrogen-bond donors (Lipinski definition) is 2. The molecule has 2 aromatic rings. The second-order valence-electron chi connectivity index (χ2n) is 8.13. The molecule has 0 spiro atoms. The number of hydrogen-bond acceptors (Lipinski definition) is 6. The van der Waals surface area contributed by atoms with Crippen molar-refractivity contribution in [3.05, 3.63) is 59.7 Å². The normalized spacial score (nSPS) is 17.1. The van der Waals surface area contributed by atoms with E-state index in [1.165, 1.54) is 27.8 Å². The highest BCUT2D eigenvalue weighted by molar-refractivity contribution is 7.99. The molecule has 2 N–H and O–H groups in total. The van der Waals surface area contributed by atoms with E-state index in [9.17, 15) is 19.5 Å². The van der Waals surface area contributed by atoms with E-state index in [1.807, 2.05) is 24.3 Å². The van der Waals surface area contributed by atoms with Crippen LogP contribution >= 0.6 is 11.8 Å². The maximum atomic E-state index is 12.3. The Kier molecular flexibility index (Phi) is 8.08. The molecular formula is C25H28N2O6S. The average Bonchev–Trinajstić information content (AvgIpc) is 3.18. The number of benzene rings is 2. The molecular weight excluding hydrogens is 456 g/mol. The Morgan fingerprint density at radius 2 is 1.71 bits per heavy atom. The summed E-state index contributed by atoms with van der Waals surface area (Å²) in [6.07, 6.45) is -0.406. The van der Waals surface area contributed by atoms with Crippen LogP contribution in [0.2, 0.25) is 0 Å². The summed E-state index contributed by atoms with van der Waals surface area (Å²) in [7, 11) is 0. The van der Waals surface area contributed by atoms with Crippen LogP contribution < -0.4 is 5.32 Å². The van der Waals surface area contributed by atoms with Gasteiger partial charge in [-0.3, -0.25) is 4.79 Å². The summed E-state index contributed by atoms with van der Waals surface area (Å²) in [5.41, 5.74) is 4.66. The molecule has 1 aliphatic heterocycles. The molecule has 0 bridgehead atoms. The highest BCUT2D eigenvalue weighted by atomic mass is 32.2. The molecule has 1 aliphatic carbocycles. The van der Waals surface area contributed by atoms with Crippen LogP contribution in [-0.4, -0.2) is 78.4 Å². The fraction of sp³-hybridized carbons (Fsp3) is 0.400. The van der Waals surface area contributed by atoms with Gasteiger partial charge in [-0.05, 0) is 22.3 Å². The van der Waals surface area contributed by atoms with Gasteiger partial charge in [-0.2, -0.15) is 11.8 Å². The van der Waals surface area contributed by atoms with Crippen LogP contribution in [0.15, 0.2) is 48.5 Å². The molecule has 2 aliphatic rings. The van der Waals surface area contributed by atoms with Gasteiger partial charge >= 0.3 is 12.1 Å². The van der Waals surface area contributed by atoms with Crippen molar-refractivity contribution in [3.63, 3.8) is 0 Å². The molecule has 0 aromatic heterocycles. The molecule has 1 heterocycles. The third-order valence-corrected chi connectivity index (χ3v) is 7.08. The van der Waals surface area contributed by atoms with E-state index < -0.39 is 18.1 Å². The molecule has 180 valence electrons. The van der Waals surface area contributed by atoms with Gasteiger partial charge in [0.15, 0.2) is 0 Å². The summed E-state index contributed by atoms with van der Waals surface area (Å²) in [4.78, 5) is 37.2. The van der Waals surface area contributed by atoms with Crippen LogP contribution in [0, 0.1) is 0 Å². The standard InChI is InChI=1S/C25H28N2O6S/c28-23(27-11-14-34-16-22(27)24(29)30)9-12-32-13-10-26-25(31)33-15-21-19-7-3-1-5-17(19)18-6-2-4-8-20(18)21/h1-8,21-22H,9-16H2,(H,26,31)(H,29,30). The van der Waals surface area contributed by atoms with Gasteiger partial charge < -0.3 is 24.8 Å². The van der Waals surface area contributed by atoms with Crippen molar-refractivity contribution in [2.75, 3.05) is 44.4 Å². The number of aliphatic carboxylic acids is 1. The predicted octanol–water partition coefficient (Wildman–Crippen LogP) is 2.96. The molecule has 8 nitrogen and oxygen atoms in total. The number of fused-ring (bicyclic) bond motifs is 3. The van der Waals surface area contributed by atoms with Gasteiger partial charge in [-0.25, -0.2) is 9.59 Å². The Labute approximate surface area is 202 Å². The molecule has 1 fully saturated rings. The van der Waals surface area contributed by atoms with Crippen molar-refractivity contribution in [3.8, 4) is 11.1 Å². The van der Waals surface area contributed by atoms with Crippen LogP contribution in [0.1, 0.15) is 23.5 Å². The SMILES string of the molecule is O=C(NCCOCCC(=O)N1CCSCC1C(=O)O)OCC1c2ccccc2-c2ccccc21. The van der Waals surface area contributed by atoms with Crippen molar-refractivity contribution in [2.24, 2.45) is 0 Å². The van der Waals surface area contributed by atoms with E-state index in [4.69, 9.17) is 9.47 Å². The third-order valence-electron chi connectivity index (χ3n) is 6.05. The highest BCUT2D eigenvalue weighted by Gasteiger charge is 2.32. The number of thioether (sulfide) groups is 1. The molecule has 9 heteroatoms. The molecule has 0 radical (unpaired) electrons. The van der Waals surface area contributed by atoms with Crippen LogP contribution in [0.25, 0.3) is 11.1 Å². The van der Waals surface area contributed by atoms with Crippen molar-refractivity contribution >= 4 is 29.7 Å². The Morgan fingerprint density at radius 3 is 2.38 bits per heavy atom. The molecule has 2 amide bonds. The fourth-order valence-corrected chi connectivity index (χ4v) is 5.42. The lowest BCUT2D eigenvalue weighted by molar-refractivity contribution is -0.149. The smallest absolute Gasteiger partial charge is 0.407 e. The quantitative estimate of drug-likeness (QED) is 0.527. The van der Waals surface area contributed by atoms with Crippen molar-refractivity contribution in [1.29, 1.82) is 0 Å². The Morgan fingerprint density at radius 1 is 1.03 bits per heavy atom. The summed E-state index contributed by atoms with van der Waals surface area (Å²) in [6, 6.07) is 15.5. The number of carboxylic acid groups (broad SMARTS) is 1. The zero-order chi connectivity index (χ0) is 23.9. The van der Waals surface area contributed by atoms with Crippen molar-refractivity contribution in [2.45, 2.75) is 18.4 Å². The molecule has 1 atom stereocenters. The lowest BCUT2D eigenvalue weighted by Crippen LogP contribution is -2.50. The number of carboxylic acids is 1. The Bertz CT molecular complexity index is 1000. The van der Waals surface area contributed by atoms with Crippen LogP contribution in [0.4, 0.5) is 4.79 Å². The minimum Gasteiger partial charge on any atom is -0.480 e. The molecule has 1 saturated heterocycles. The van der Waals surface area contributed by atoms with Gasteiger partial charge in [0, 0.05) is 30.5 Å². The second-order valence-corrected chi connectivity index (χ2v) is 9.28. The van der Waals surface area contributed by atoms with E-state index in [1.54, 1.807) is 0 Å². The van der Waals surface area contributed by atoms with Gasteiger partial charge in [0.25, 0.3) is 0 Å². The first-order chi connectivity index (χ1) is 16.6. The maximum Gasteiger partial charge on any atom is 0.407 e. The zero-order valence-corrected chi connectivity index (χ0v) is 19.6. The summed E-state index contributed by atoms with van der Waals surface area (Å²) in [5.74, 6) is -0.0546. The van der Waals surface area contributed by atoms with Gasteiger partial charge in [0.1, 0.15) is 12.6 Å². The number of carbonyl (C=O) groups is 3. The number of rotatable bonds is 9. The number of ether oxygens (including phenoxy) is 2.